The van der Waals surface area contributed by atoms with E-state index in [9.17, 15) is 19.2 Å². The lowest BCUT2D eigenvalue weighted by molar-refractivity contribution is -0.141. The van der Waals surface area contributed by atoms with Gasteiger partial charge < -0.3 is 20.3 Å². The van der Waals surface area contributed by atoms with Gasteiger partial charge in [-0.25, -0.2) is 4.79 Å². The standard InChI is InChI=1S/C20H36O3.C14H15NO4/c1-3-4-5-9-13-16-19(21)17-14-11-8-6-7-10-12-15-18(2)20(22)23;1-2-3-8-19-12-6-4-11(5-7-12)9-13(14(17)18)15-10-16/h10,12,18H,3-9,11,13-17H2,1-2H3,(H,22,23);4-7,10,13H,8-9H2,1H3,(H,15,16)(H,17,18)/b12-10+;/t18-;13-/m10/s1. The van der Waals surface area contributed by atoms with Gasteiger partial charge in [0.15, 0.2) is 0 Å². The van der Waals surface area contributed by atoms with Gasteiger partial charge in [0.25, 0.3) is 0 Å². The van der Waals surface area contributed by atoms with E-state index in [-0.39, 0.29) is 12.3 Å². The minimum atomic E-state index is -1.06. The number of aliphatic carboxylic acids is 2. The summed E-state index contributed by atoms with van der Waals surface area (Å²) in [4.78, 5) is 43.5. The summed E-state index contributed by atoms with van der Waals surface area (Å²) in [5.41, 5.74) is 0.802. The average Bonchev–Trinajstić information content (AvgIpc) is 2.97. The van der Waals surface area contributed by atoms with Crippen LogP contribution in [0.3, 0.4) is 0 Å². The fraction of sp³-hybridized carbons (Fsp3) is 0.588. The number of carboxylic acids is 2. The van der Waals surface area contributed by atoms with Gasteiger partial charge in [-0.1, -0.05) is 82.6 Å². The number of nitrogens with one attached hydrogen (secondary N) is 1. The maximum Gasteiger partial charge on any atom is 0.326 e. The largest absolute Gasteiger partial charge is 0.481 e. The van der Waals surface area contributed by atoms with Gasteiger partial charge >= 0.3 is 11.9 Å². The molecule has 1 amide bonds. The summed E-state index contributed by atoms with van der Waals surface area (Å²) in [5.74, 6) is 4.51. The highest BCUT2D eigenvalue weighted by Gasteiger charge is 2.16. The number of unbranched alkanes of at least 4 members (excludes halogenated alkanes) is 8. The van der Waals surface area contributed by atoms with Crippen LogP contribution in [0, 0.1) is 17.8 Å². The van der Waals surface area contributed by atoms with Crippen LogP contribution in [-0.4, -0.2) is 47.0 Å². The molecule has 0 radical (unpaired) electrons. The third-order valence-corrected chi connectivity index (χ3v) is 6.63. The molecule has 0 bridgehead atoms. The topological polar surface area (TPSA) is 130 Å². The minimum absolute atomic E-state index is 0.225. The van der Waals surface area contributed by atoms with Crippen LogP contribution in [0.15, 0.2) is 36.4 Å². The van der Waals surface area contributed by atoms with E-state index in [0.29, 0.717) is 31.0 Å². The van der Waals surface area contributed by atoms with E-state index >= 15 is 0 Å². The van der Waals surface area contributed by atoms with Crippen molar-refractivity contribution in [1.82, 2.24) is 5.32 Å². The van der Waals surface area contributed by atoms with Crippen molar-refractivity contribution in [3.63, 3.8) is 0 Å². The van der Waals surface area contributed by atoms with E-state index in [1.807, 2.05) is 6.08 Å². The van der Waals surface area contributed by atoms with Crippen molar-refractivity contribution in [3.05, 3.63) is 42.0 Å². The molecule has 1 aromatic carbocycles. The van der Waals surface area contributed by atoms with Crippen LogP contribution in [0.2, 0.25) is 0 Å². The Morgan fingerprint density at radius 2 is 1.52 bits per heavy atom. The highest BCUT2D eigenvalue weighted by atomic mass is 16.5. The Morgan fingerprint density at radius 1 is 0.905 bits per heavy atom. The molecule has 8 heteroatoms. The predicted molar refractivity (Wildman–Crippen MR) is 166 cm³/mol. The summed E-state index contributed by atoms with van der Waals surface area (Å²) in [6.45, 7) is 5.99. The molecule has 0 aliphatic carbocycles. The van der Waals surface area contributed by atoms with Gasteiger partial charge in [0.1, 0.15) is 24.2 Å². The number of ketones is 1. The van der Waals surface area contributed by atoms with Crippen LogP contribution in [-0.2, 0) is 25.6 Å². The first-order valence-electron chi connectivity index (χ1n) is 15.2. The quantitative estimate of drug-likeness (QED) is 0.0560. The highest BCUT2D eigenvalue weighted by Crippen LogP contribution is 2.14. The third-order valence-electron chi connectivity index (χ3n) is 6.63. The third kappa shape index (κ3) is 22.1. The molecule has 0 saturated heterocycles. The maximum absolute atomic E-state index is 11.7. The molecule has 0 fully saturated rings. The molecule has 0 aliphatic rings. The van der Waals surface area contributed by atoms with E-state index in [4.69, 9.17) is 14.9 Å². The second kappa shape index (κ2) is 26.3. The molecule has 42 heavy (non-hydrogen) atoms. The van der Waals surface area contributed by atoms with Gasteiger partial charge in [-0.2, -0.15) is 0 Å². The van der Waals surface area contributed by atoms with Crippen molar-refractivity contribution in [2.24, 2.45) is 5.92 Å². The monoisotopic (exact) mass is 585 g/mol. The van der Waals surface area contributed by atoms with Gasteiger partial charge in [0, 0.05) is 19.3 Å². The summed E-state index contributed by atoms with van der Waals surface area (Å²) in [6.07, 6.45) is 18.3. The molecule has 3 N–H and O–H groups in total. The van der Waals surface area contributed by atoms with Gasteiger partial charge in [-0.3, -0.25) is 14.4 Å². The number of benzene rings is 1. The number of ether oxygens (including phenoxy) is 1. The van der Waals surface area contributed by atoms with Gasteiger partial charge in [-0.15, -0.1) is 5.92 Å². The number of hydrogen-bond acceptors (Lipinski definition) is 5. The minimum Gasteiger partial charge on any atom is -0.481 e. The van der Waals surface area contributed by atoms with Crippen LogP contribution < -0.4 is 10.1 Å². The van der Waals surface area contributed by atoms with Crippen LogP contribution in [0.25, 0.3) is 0 Å². The smallest absolute Gasteiger partial charge is 0.326 e. The zero-order chi connectivity index (χ0) is 31.4. The Hall–Kier alpha value is -3.60. The molecular weight excluding hydrogens is 534 g/mol. The van der Waals surface area contributed by atoms with Crippen LogP contribution in [0.4, 0.5) is 0 Å². The van der Waals surface area contributed by atoms with E-state index < -0.39 is 18.0 Å². The maximum atomic E-state index is 11.7. The molecule has 1 aromatic rings. The van der Waals surface area contributed by atoms with Crippen molar-refractivity contribution >= 4 is 24.1 Å². The average molecular weight is 586 g/mol. The lowest BCUT2D eigenvalue weighted by Crippen LogP contribution is -2.37. The number of carbonyl (C=O) groups is 4. The highest BCUT2D eigenvalue weighted by molar-refractivity contribution is 5.78. The number of rotatable bonds is 23. The fourth-order valence-corrected chi connectivity index (χ4v) is 3.96. The Balaban J connectivity index is 0.000000813. The Labute approximate surface area is 252 Å². The SMILES string of the molecule is CC#CCOc1ccc(C[C@H](NC=O)C(=O)O)cc1.CCCCCCCC(=O)CCCCCC/C=C/C[C@@H](C)C(=O)O. The number of carboxylic acid groups (broad SMARTS) is 2. The van der Waals surface area contributed by atoms with Gasteiger partial charge in [-0.05, 0) is 56.7 Å². The number of amides is 1. The summed E-state index contributed by atoms with van der Waals surface area (Å²) >= 11 is 0. The molecule has 0 unspecified atom stereocenters. The second-order valence-electron chi connectivity index (χ2n) is 10.3. The van der Waals surface area contributed by atoms with Crippen LogP contribution in [0.5, 0.6) is 5.75 Å². The Bertz CT molecular complexity index is 976. The normalized spacial score (nSPS) is 11.8. The van der Waals surface area contributed by atoms with Crippen molar-refractivity contribution in [2.45, 2.75) is 117 Å². The van der Waals surface area contributed by atoms with E-state index in [1.54, 1.807) is 38.1 Å². The van der Waals surface area contributed by atoms with Crippen molar-refractivity contribution in [3.8, 4) is 17.6 Å². The van der Waals surface area contributed by atoms with E-state index in [2.05, 4.69) is 30.2 Å². The molecule has 8 nitrogen and oxygen atoms in total. The Kier molecular flexibility index (Phi) is 24.1. The second-order valence-corrected chi connectivity index (χ2v) is 10.3. The number of hydrogen-bond donors (Lipinski definition) is 3. The van der Waals surface area contributed by atoms with Gasteiger partial charge in [0.05, 0.1) is 5.92 Å². The zero-order valence-corrected chi connectivity index (χ0v) is 25.7. The summed E-state index contributed by atoms with van der Waals surface area (Å²) < 4.78 is 5.34. The number of carbonyl (C=O) groups excluding carboxylic acids is 2. The van der Waals surface area contributed by atoms with E-state index in [0.717, 1.165) is 56.9 Å². The molecule has 0 spiro atoms. The number of allylic oxidation sites excluding steroid dienone is 2. The first kappa shape index (κ1) is 38.4. The van der Waals surface area contributed by atoms with Crippen molar-refractivity contribution in [1.29, 1.82) is 0 Å². The molecule has 1 rings (SSSR count). The van der Waals surface area contributed by atoms with Gasteiger partial charge in [0.2, 0.25) is 6.41 Å². The summed E-state index contributed by atoms with van der Waals surface area (Å²) in [7, 11) is 0. The molecular formula is C34H51NO7. The lowest BCUT2D eigenvalue weighted by atomic mass is 10.0. The van der Waals surface area contributed by atoms with Crippen LogP contribution >= 0.6 is 0 Å². The molecule has 2 atom stereocenters. The molecule has 0 aromatic heterocycles. The molecule has 0 aliphatic heterocycles. The molecule has 0 heterocycles. The summed E-state index contributed by atoms with van der Waals surface area (Å²) in [6, 6.07) is 6.09. The fourth-order valence-electron chi connectivity index (χ4n) is 3.96. The van der Waals surface area contributed by atoms with Crippen LogP contribution in [0.1, 0.15) is 110 Å². The van der Waals surface area contributed by atoms with Crippen molar-refractivity contribution in [2.75, 3.05) is 6.61 Å². The summed E-state index contributed by atoms with van der Waals surface area (Å²) in [5, 5.41) is 19.9. The van der Waals surface area contributed by atoms with Crippen molar-refractivity contribution < 1.29 is 34.1 Å². The first-order chi connectivity index (χ1) is 20.2. The first-order valence-corrected chi connectivity index (χ1v) is 15.2. The lowest BCUT2D eigenvalue weighted by Gasteiger charge is -2.11. The molecule has 234 valence electrons. The number of Topliss-reactive ketones (excluding diaryl/α,β-unsaturated/α-hetero) is 1. The van der Waals surface area contributed by atoms with E-state index in [1.165, 1.54) is 25.7 Å². The zero-order valence-electron chi connectivity index (χ0n) is 25.7. The molecule has 0 saturated carbocycles. The Morgan fingerprint density at radius 3 is 2.07 bits per heavy atom. The predicted octanol–water partition coefficient (Wildman–Crippen LogP) is 6.75.